The summed E-state index contributed by atoms with van der Waals surface area (Å²) in [5.41, 5.74) is -0.564. The molecule has 0 bridgehead atoms. The van der Waals surface area contributed by atoms with Crippen molar-refractivity contribution in [2.24, 2.45) is 0 Å². The van der Waals surface area contributed by atoms with Gasteiger partial charge in [-0.05, 0) is 44.1 Å². The van der Waals surface area contributed by atoms with E-state index < -0.39 is 5.60 Å². The molecule has 2 aliphatic heterocycles. The minimum atomic E-state index is -0.564. The third kappa shape index (κ3) is 5.80. The summed E-state index contributed by atoms with van der Waals surface area (Å²) in [6.45, 7) is 4.51. The van der Waals surface area contributed by atoms with Gasteiger partial charge in [0, 0.05) is 32.1 Å². The number of likely N-dealkylation sites (tertiary alicyclic amines) is 1. The molecule has 122 valence electrons. The van der Waals surface area contributed by atoms with E-state index in [4.69, 9.17) is 0 Å². The van der Waals surface area contributed by atoms with Crippen LogP contribution in [0.3, 0.4) is 0 Å². The zero-order valence-corrected chi connectivity index (χ0v) is 14.1. The van der Waals surface area contributed by atoms with Crippen LogP contribution in [0.4, 0.5) is 0 Å². The van der Waals surface area contributed by atoms with Gasteiger partial charge in [0.2, 0.25) is 5.91 Å². The fraction of sp³-hybridized carbons (Fsp3) is 0.938. The quantitative estimate of drug-likeness (QED) is 0.815. The Morgan fingerprint density at radius 2 is 1.86 bits per heavy atom. The maximum Gasteiger partial charge on any atom is 0.224 e. The molecule has 0 aromatic carbocycles. The van der Waals surface area contributed by atoms with E-state index >= 15 is 0 Å². The molecular weight excluding hydrogens is 284 g/mol. The van der Waals surface area contributed by atoms with Crippen LogP contribution in [0.25, 0.3) is 0 Å². The summed E-state index contributed by atoms with van der Waals surface area (Å²) in [5, 5.41) is 13.8. The molecule has 0 saturated carbocycles. The lowest BCUT2D eigenvalue weighted by Gasteiger charge is -2.33. The number of nitrogens with one attached hydrogen (secondary N) is 1. The number of thioether (sulfide) groups is 1. The number of amides is 1. The molecule has 2 heterocycles. The van der Waals surface area contributed by atoms with Crippen LogP contribution >= 0.6 is 11.8 Å². The van der Waals surface area contributed by atoms with Crippen molar-refractivity contribution in [3.05, 3.63) is 0 Å². The van der Waals surface area contributed by atoms with Crippen molar-refractivity contribution < 1.29 is 9.90 Å². The van der Waals surface area contributed by atoms with E-state index in [1.807, 2.05) is 16.7 Å². The van der Waals surface area contributed by atoms with E-state index in [1.54, 1.807) is 0 Å². The maximum atomic E-state index is 12.3. The van der Waals surface area contributed by atoms with E-state index in [0.717, 1.165) is 50.3 Å². The van der Waals surface area contributed by atoms with Crippen LogP contribution in [0, 0.1) is 0 Å². The normalized spacial score (nSPS) is 24.4. The Kier molecular flexibility index (Phi) is 6.83. The predicted molar refractivity (Wildman–Crippen MR) is 88.6 cm³/mol. The summed E-state index contributed by atoms with van der Waals surface area (Å²) in [6.07, 6.45) is 7.06. The van der Waals surface area contributed by atoms with Crippen LogP contribution in [-0.2, 0) is 4.79 Å². The Bertz CT molecular complexity index is 324. The molecule has 0 aromatic rings. The second kappa shape index (κ2) is 8.39. The highest BCUT2D eigenvalue weighted by Crippen LogP contribution is 2.26. The lowest BCUT2D eigenvalue weighted by molar-refractivity contribution is -0.131. The monoisotopic (exact) mass is 314 g/mol. The molecule has 21 heavy (non-hydrogen) atoms. The van der Waals surface area contributed by atoms with Crippen LogP contribution in [0.5, 0.6) is 0 Å². The van der Waals surface area contributed by atoms with Gasteiger partial charge in [0.15, 0.2) is 0 Å². The highest BCUT2D eigenvalue weighted by molar-refractivity contribution is 7.99. The lowest BCUT2D eigenvalue weighted by Crippen LogP contribution is -2.47. The van der Waals surface area contributed by atoms with Gasteiger partial charge in [-0.15, -0.1) is 0 Å². The molecule has 1 unspecified atom stereocenters. The van der Waals surface area contributed by atoms with Crippen LogP contribution in [0.2, 0.25) is 0 Å². The third-order valence-electron chi connectivity index (χ3n) is 4.64. The van der Waals surface area contributed by atoms with E-state index in [0.29, 0.717) is 13.0 Å². The highest BCUT2D eigenvalue weighted by Gasteiger charge is 2.29. The molecule has 2 rings (SSSR count). The van der Waals surface area contributed by atoms with Crippen LogP contribution in [-0.4, -0.2) is 58.7 Å². The van der Waals surface area contributed by atoms with Gasteiger partial charge in [0.25, 0.3) is 0 Å². The summed E-state index contributed by atoms with van der Waals surface area (Å²) in [5.74, 6) is 2.35. The van der Waals surface area contributed by atoms with Crippen molar-refractivity contribution >= 4 is 17.7 Å². The van der Waals surface area contributed by atoms with Crippen molar-refractivity contribution in [2.45, 2.75) is 63.5 Å². The molecule has 5 heteroatoms. The third-order valence-corrected chi connectivity index (χ3v) is 5.63. The Morgan fingerprint density at radius 1 is 1.24 bits per heavy atom. The number of aliphatic hydroxyl groups is 1. The molecule has 1 atom stereocenters. The number of nitrogens with zero attached hydrogens (tertiary/aromatic N) is 1. The lowest BCUT2D eigenvalue weighted by atomic mass is 9.96. The van der Waals surface area contributed by atoms with Gasteiger partial charge in [-0.3, -0.25) is 4.79 Å². The van der Waals surface area contributed by atoms with Crippen molar-refractivity contribution in [2.75, 3.05) is 31.1 Å². The maximum absolute atomic E-state index is 12.3. The smallest absolute Gasteiger partial charge is 0.224 e. The second-order valence-corrected chi connectivity index (χ2v) is 7.84. The Morgan fingerprint density at radius 3 is 2.48 bits per heavy atom. The summed E-state index contributed by atoms with van der Waals surface area (Å²) in [4.78, 5) is 14.3. The zero-order valence-electron chi connectivity index (χ0n) is 13.3. The van der Waals surface area contributed by atoms with Gasteiger partial charge < -0.3 is 15.3 Å². The highest BCUT2D eigenvalue weighted by atomic mass is 32.2. The first-order chi connectivity index (χ1) is 10.1. The summed E-state index contributed by atoms with van der Waals surface area (Å²) < 4.78 is 0. The molecule has 0 radical (unpaired) electrons. The average molecular weight is 314 g/mol. The van der Waals surface area contributed by atoms with Crippen LogP contribution in [0.1, 0.15) is 51.9 Å². The molecular formula is C16H30N2O2S. The molecule has 0 spiro atoms. The van der Waals surface area contributed by atoms with Crippen LogP contribution in [0.15, 0.2) is 0 Å². The Labute approximate surface area is 133 Å². The minimum Gasteiger partial charge on any atom is -0.389 e. The molecule has 0 aliphatic carbocycles. The Balaban J connectivity index is 1.70. The molecule has 2 N–H and O–H groups in total. The molecule has 2 fully saturated rings. The van der Waals surface area contributed by atoms with E-state index in [1.165, 1.54) is 12.8 Å². The van der Waals surface area contributed by atoms with Crippen molar-refractivity contribution in [3.8, 4) is 0 Å². The van der Waals surface area contributed by atoms with Gasteiger partial charge in [-0.2, -0.15) is 11.8 Å². The first-order valence-electron chi connectivity index (χ1n) is 8.40. The number of rotatable bonds is 5. The predicted octanol–water partition coefficient (Wildman–Crippen LogP) is 2.02. The van der Waals surface area contributed by atoms with Crippen molar-refractivity contribution in [3.63, 3.8) is 0 Å². The number of carbonyl (C=O) groups excluding carboxylic acids is 1. The average Bonchev–Trinajstić information content (AvgIpc) is 2.75. The van der Waals surface area contributed by atoms with E-state index in [-0.39, 0.29) is 11.9 Å². The number of hydrogen-bond donors (Lipinski definition) is 2. The molecule has 2 saturated heterocycles. The standard InChI is InChI=1S/C16H30N2O2S/c1-14(17-13-16(20)6-10-21-11-7-16)12-15(19)18-8-4-2-3-5-9-18/h14,17,20H,2-13H2,1H3. The fourth-order valence-electron chi connectivity index (χ4n) is 3.08. The van der Waals surface area contributed by atoms with Gasteiger partial charge in [-0.1, -0.05) is 12.8 Å². The zero-order chi connectivity index (χ0) is 15.1. The van der Waals surface area contributed by atoms with E-state index in [9.17, 15) is 9.90 Å². The SMILES string of the molecule is CC(CC(=O)N1CCCCCC1)NCC1(O)CCSCC1. The summed E-state index contributed by atoms with van der Waals surface area (Å²) in [7, 11) is 0. The fourth-order valence-corrected chi connectivity index (χ4v) is 4.33. The number of carbonyl (C=O) groups is 1. The van der Waals surface area contributed by atoms with E-state index in [2.05, 4.69) is 12.2 Å². The largest absolute Gasteiger partial charge is 0.389 e. The topological polar surface area (TPSA) is 52.6 Å². The van der Waals surface area contributed by atoms with Gasteiger partial charge in [-0.25, -0.2) is 0 Å². The van der Waals surface area contributed by atoms with Gasteiger partial charge in [0.05, 0.1) is 5.60 Å². The second-order valence-electron chi connectivity index (χ2n) is 6.62. The minimum absolute atomic E-state index is 0.138. The molecule has 1 amide bonds. The van der Waals surface area contributed by atoms with Gasteiger partial charge >= 0.3 is 0 Å². The van der Waals surface area contributed by atoms with Crippen molar-refractivity contribution in [1.82, 2.24) is 10.2 Å². The summed E-state index contributed by atoms with van der Waals surface area (Å²) >= 11 is 1.91. The number of hydrogen-bond acceptors (Lipinski definition) is 4. The molecule has 4 nitrogen and oxygen atoms in total. The summed E-state index contributed by atoms with van der Waals surface area (Å²) in [6, 6.07) is 0.138. The molecule has 0 aromatic heterocycles. The first kappa shape index (κ1) is 17.1. The molecule has 2 aliphatic rings. The Hall–Kier alpha value is -0.260. The van der Waals surface area contributed by atoms with Crippen LogP contribution < -0.4 is 5.32 Å². The van der Waals surface area contributed by atoms with Gasteiger partial charge in [0.1, 0.15) is 0 Å². The first-order valence-corrected chi connectivity index (χ1v) is 9.56. The van der Waals surface area contributed by atoms with Crippen molar-refractivity contribution in [1.29, 1.82) is 0 Å².